The zero-order valence-corrected chi connectivity index (χ0v) is 18.3. The summed E-state index contributed by atoms with van der Waals surface area (Å²) in [4.78, 5) is 18.7. The van der Waals surface area contributed by atoms with E-state index >= 15 is 0 Å². The van der Waals surface area contributed by atoms with Crippen LogP contribution in [0.25, 0.3) is 22.3 Å². The van der Waals surface area contributed by atoms with Gasteiger partial charge < -0.3 is 21.1 Å². The molecule has 0 radical (unpaired) electrons. The van der Waals surface area contributed by atoms with Gasteiger partial charge in [0.05, 0.1) is 13.2 Å². The first-order chi connectivity index (χ1) is 16.0. The first kappa shape index (κ1) is 21.4. The van der Waals surface area contributed by atoms with Crippen molar-refractivity contribution in [1.29, 1.82) is 0 Å². The van der Waals surface area contributed by atoms with E-state index in [4.69, 9.17) is 16.2 Å². The SMILES string of the molecule is Nc1ccc(-c2cc(-c3ccc(C[C@H]4CCC(=O)N4CC4COC4)cc3)cnc2N)c(F)c1. The summed E-state index contributed by atoms with van der Waals surface area (Å²) in [5, 5.41) is 0. The number of aromatic nitrogens is 1. The fourth-order valence-corrected chi connectivity index (χ4v) is 4.63. The minimum Gasteiger partial charge on any atom is -0.399 e. The third-order valence-corrected chi connectivity index (χ3v) is 6.57. The number of halogens is 1. The van der Waals surface area contributed by atoms with Gasteiger partial charge >= 0.3 is 0 Å². The van der Waals surface area contributed by atoms with Gasteiger partial charge in [-0.1, -0.05) is 24.3 Å². The molecule has 0 spiro atoms. The topological polar surface area (TPSA) is 94.5 Å². The van der Waals surface area contributed by atoms with Crippen LogP contribution in [0.15, 0.2) is 54.7 Å². The van der Waals surface area contributed by atoms with Crippen molar-refractivity contribution in [2.24, 2.45) is 5.92 Å². The number of amides is 1. The Labute approximate surface area is 192 Å². The summed E-state index contributed by atoms with van der Waals surface area (Å²) in [6, 6.07) is 14.9. The standard InChI is InChI=1S/C26H27FN4O2/c27-24-11-20(28)5-7-22(24)23-10-19(12-30-26(23)29)18-3-1-16(2-4-18)9-21-6-8-25(32)31(21)13-17-14-33-15-17/h1-5,7,10-12,17,21H,6,8-9,13-15,28H2,(H2,29,30)/t21-/m1/s1. The zero-order valence-electron chi connectivity index (χ0n) is 18.3. The number of nitrogen functional groups attached to an aromatic ring is 2. The third-order valence-electron chi connectivity index (χ3n) is 6.57. The van der Waals surface area contributed by atoms with Crippen molar-refractivity contribution >= 4 is 17.4 Å². The molecule has 0 bridgehead atoms. The van der Waals surface area contributed by atoms with E-state index in [1.807, 2.05) is 23.1 Å². The zero-order chi connectivity index (χ0) is 22.9. The molecule has 33 heavy (non-hydrogen) atoms. The molecular formula is C26H27FN4O2. The number of hydrogen-bond donors (Lipinski definition) is 2. The van der Waals surface area contributed by atoms with Crippen LogP contribution in [-0.2, 0) is 16.0 Å². The lowest BCUT2D eigenvalue weighted by atomic mass is 9.97. The van der Waals surface area contributed by atoms with Crippen LogP contribution < -0.4 is 11.5 Å². The summed E-state index contributed by atoms with van der Waals surface area (Å²) < 4.78 is 19.7. The van der Waals surface area contributed by atoms with Crippen LogP contribution >= 0.6 is 0 Å². The largest absolute Gasteiger partial charge is 0.399 e. The highest BCUT2D eigenvalue weighted by atomic mass is 19.1. The molecule has 1 atom stereocenters. The second-order valence-corrected chi connectivity index (χ2v) is 8.94. The smallest absolute Gasteiger partial charge is 0.222 e. The molecule has 1 amide bonds. The van der Waals surface area contributed by atoms with Crippen molar-refractivity contribution in [2.75, 3.05) is 31.2 Å². The van der Waals surface area contributed by atoms with E-state index in [0.29, 0.717) is 29.2 Å². The number of hydrogen-bond acceptors (Lipinski definition) is 5. The van der Waals surface area contributed by atoms with Crippen LogP contribution in [0.3, 0.4) is 0 Å². The van der Waals surface area contributed by atoms with Crippen LogP contribution in [0, 0.1) is 11.7 Å². The molecule has 0 aliphatic carbocycles. The van der Waals surface area contributed by atoms with Gasteiger partial charge in [0, 0.05) is 53.5 Å². The monoisotopic (exact) mass is 446 g/mol. The number of pyridine rings is 1. The van der Waals surface area contributed by atoms with E-state index in [2.05, 4.69) is 17.1 Å². The molecule has 170 valence electrons. The Morgan fingerprint density at radius 1 is 1.03 bits per heavy atom. The predicted octanol–water partition coefficient (Wildman–Crippen LogP) is 3.90. The number of carbonyl (C=O) groups is 1. The van der Waals surface area contributed by atoms with Gasteiger partial charge in [0.1, 0.15) is 11.6 Å². The van der Waals surface area contributed by atoms with E-state index in [9.17, 15) is 9.18 Å². The Kier molecular flexibility index (Phi) is 5.72. The lowest BCUT2D eigenvalue weighted by Crippen LogP contribution is -2.44. The number of likely N-dealkylation sites (tertiary alicyclic amines) is 1. The number of benzene rings is 2. The summed E-state index contributed by atoms with van der Waals surface area (Å²) in [6.45, 7) is 2.30. The lowest BCUT2D eigenvalue weighted by molar-refractivity contribution is -0.132. The molecule has 2 aliphatic heterocycles. The molecule has 3 aromatic rings. The van der Waals surface area contributed by atoms with Gasteiger partial charge in [0.15, 0.2) is 0 Å². The molecule has 0 saturated carbocycles. The molecule has 6 nitrogen and oxygen atoms in total. The second kappa shape index (κ2) is 8.83. The highest BCUT2D eigenvalue weighted by Gasteiger charge is 2.34. The van der Waals surface area contributed by atoms with Gasteiger partial charge in [-0.25, -0.2) is 9.37 Å². The second-order valence-electron chi connectivity index (χ2n) is 8.94. The Morgan fingerprint density at radius 3 is 2.52 bits per heavy atom. The van der Waals surface area contributed by atoms with E-state index in [1.54, 1.807) is 18.3 Å². The number of carbonyl (C=O) groups excluding carboxylic acids is 1. The van der Waals surface area contributed by atoms with Crippen molar-refractivity contribution in [3.8, 4) is 22.3 Å². The van der Waals surface area contributed by atoms with Crippen molar-refractivity contribution in [3.05, 3.63) is 66.1 Å². The van der Waals surface area contributed by atoms with Gasteiger partial charge in [-0.15, -0.1) is 0 Å². The highest BCUT2D eigenvalue weighted by molar-refractivity contribution is 5.80. The maximum Gasteiger partial charge on any atom is 0.222 e. The van der Waals surface area contributed by atoms with Crippen LogP contribution in [-0.4, -0.2) is 41.6 Å². The Morgan fingerprint density at radius 2 is 1.82 bits per heavy atom. The molecule has 4 N–H and O–H groups in total. The van der Waals surface area contributed by atoms with Crippen molar-refractivity contribution in [1.82, 2.24) is 9.88 Å². The molecule has 5 rings (SSSR count). The Bertz CT molecular complexity index is 1180. The van der Waals surface area contributed by atoms with Gasteiger partial charge in [-0.2, -0.15) is 0 Å². The average molecular weight is 447 g/mol. The van der Waals surface area contributed by atoms with E-state index in [0.717, 1.165) is 43.7 Å². The van der Waals surface area contributed by atoms with Gasteiger partial charge in [0.25, 0.3) is 0 Å². The maximum absolute atomic E-state index is 14.5. The van der Waals surface area contributed by atoms with Crippen molar-refractivity contribution < 1.29 is 13.9 Å². The number of nitrogens with zero attached hydrogens (tertiary/aromatic N) is 2. The van der Waals surface area contributed by atoms with Crippen LogP contribution in [0.5, 0.6) is 0 Å². The summed E-state index contributed by atoms with van der Waals surface area (Å²) in [7, 11) is 0. The number of anilines is 2. The molecule has 1 aromatic heterocycles. The molecule has 2 saturated heterocycles. The fraction of sp³-hybridized carbons (Fsp3) is 0.308. The lowest BCUT2D eigenvalue weighted by Gasteiger charge is -2.33. The average Bonchev–Trinajstić information content (AvgIpc) is 3.11. The third kappa shape index (κ3) is 4.41. The molecule has 7 heteroatoms. The van der Waals surface area contributed by atoms with Crippen molar-refractivity contribution in [2.45, 2.75) is 25.3 Å². The molecular weight excluding hydrogens is 419 g/mol. The normalized spacial score (nSPS) is 18.5. The quantitative estimate of drug-likeness (QED) is 0.560. The maximum atomic E-state index is 14.5. The predicted molar refractivity (Wildman–Crippen MR) is 127 cm³/mol. The molecule has 2 aromatic carbocycles. The molecule has 3 heterocycles. The van der Waals surface area contributed by atoms with Crippen LogP contribution in [0.4, 0.5) is 15.9 Å². The Balaban J connectivity index is 1.34. The van der Waals surface area contributed by atoms with Gasteiger partial charge in [-0.3, -0.25) is 4.79 Å². The summed E-state index contributed by atoms with van der Waals surface area (Å²) >= 11 is 0. The Hall–Kier alpha value is -3.45. The summed E-state index contributed by atoms with van der Waals surface area (Å²) in [6.07, 6.45) is 4.05. The van der Waals surface area contributed by atoms with Crippen LogP contribution in [0.2, 0.25) is 0 Å². The molecule has 0 unspecified atom stereocenters. The van der Waals surface area contributed by atoms with Gasteiger partial charge in [-0.05, 0) is 48.2 Å². The van der Waals surface area contributed by atoms with E-state index < -0.39 is 5.82 Å². The number of nitrogens with two attached hydrogens (primary N) is 2. The van der Waals surface area contributed by atoms with E-state index in [1.165, 1.54) is 11.6 Å². The van der Waals surface area contributed by atoms with Crippen molar-refractivity contribution in [3.63, 3.8) is 0 Å². The minimum atomic E-state index is -0.430. The number of ether oxygens (including phenoxy) is 1. The minimum absolute atomic E-state index is 0.238. The summed E-state index contributed by atoms with van der Waals surface area (Å²) in [5.41, 5.74) is 16.0. The first-order valence-corrected chi connectivity index (χ1v) is 11.3. The van der Waals surface area contributed by atoms with Crippen LogP contribution in [0.1, 0.15) is 18.4 Å². The van der Waals surface area contributed by atoms with E-state index in [-0.39, 0.29) is 17.8 Å². The summed E-state index contributed by atoms with van der Waals surface area (Å²) in [5.74, 6) is 0.552. The molecule has 2 fully saturated rings. The first-order valence-electron chi connectivity index (χ1n) is 11.3. The highest BCUT2D eigenvalue weighted by Crippen LogP contribution is 2.32. The number of rotatable bonds is 6. The van der Waals surface area contributed by atoms with Gasteiger partial charge in [0.2, 0.25) is 5.91 Å². The molecule has 2 aliphatic rings. The fourth-order valence-electron chi connectivity index (χ4n) is 4.63.